The quantitative estimate of drug-likeness (QED) is 0.888. The summed E-state index contributed by atoms with van der Waals surface area (Å²) in [4.78, 5) is 12.0. The van der Waals surface area contributed by atoms with E-state index in [0.717, 1.165) is 25.1 Å². The van der Waals surface area contributed by atoms with Gasteiger partial charge in [-0.05, 0) is 38.8 Å². The molecule has 0 spiro atoms. The molecule has 0 bridgehead atoms. The number of anilines is 1. The summed E-state index contributed by atoms with van der Waals surface area (Å²) >= 11 is 0. The highest BCUT2D eigenvalue weighted by atomic mass is 16.5. The number of amides is 1. The van der Waals surface area contributed by atoms with Gasteiger partial charge in [-0.15, -0.1) is 0 Å². The fourth-order valence-corrected chi connectivity index (χ4v) is 2.14. The average molecular weight is 263 g/mol. The zero-order valence-corrected chi connectivity index (χ0v) is 11.5. The van der Waals surface area contributed by atoms with Crippen molar-refractivity contribution in [3.05, 3.63) is 24.3 Å². The van der Waals surface area contributed by atoms with Crippen LogP contribution in [0.3, 0.4) is 0 Å². The molecule has 0 aliphatic carbocycles. The smallest absolute Gasteiger partial charge is 0.227 e. The van der Waals surface area contributed by atoms with E-state index >= 15 is 0 Å². The van der Waals surface area contributed by atoms with Crippen LogP contribution in [0.2, 0.25) is 0 Å². The van der Waals surface area contributed by atoms with E-state index in [-0.39, 0.29) is 18.1 Å². The summed E-state index contributed by atoms with van der Waals surface area (Å²) in [5.41, 5.74) is 0.721. The van der Waals surface area contributed by atoms with Gasteiger partial charge in [0.25, 0.3) is 0 Å². The van der Waals surface area contributed by atoms with Crippen LogP contribution in [0.25, 0.3) is 0 Å². The van der Waals surface area contributed by atoms with Crippen molar-refractivity contribution in [1.29, 1.82) is 0 Å². The molecule has 1 aliphatic heterocycles. The van der Waals surface area contributed by atoms with Gasteiger partial charge in [-0.25, -0.2) is 0 Å². The number of hydrogen-bond acceptors (Lipinski definition) is 3. The molecule has 1 unspecified atom stereocenters. The molecule has 104 valence electrons. The highest BCUT2D eigenvalue weighted by Gasteiger charge is 2.19. The van der Waals surface area contributed by atoms with Gasteiger partial charge in [0.2, 0.25) is 5.91 Å². The molecule has 0 radical (unpaired) electrons. The van der Waals surface area contributed by atoms with Gasteiger partial charge in [-0.2, -0.15) is 0 Å². The molecule has 19 heavy (non-hydrogen) atoms. The molecule has 1 N–H and O–H groups in total. The van der Waals surface area contributed by atoms with Crippen LogP contribution in [-0.2, 0) is 9.53 Å². The first-order valence-electron chi connectivity index (χ1n) is 6.82. The zero-order chi connectivity index (χ0) is 13.7. The number of nitrogens with one attached hydrogen (secondary N) is 1. The van der Waals surface area contributed by atoms with E-state index in [1.165, 1.54) is 0 Å². The van der Waals surface area contributed by atoms with Crippen molar-refractivity contribution in [3.8, 4) is 5.75 Å². The molecule has 1 aliphatic rings. The van der Waals surface area contributed by atoms with Gasteiger partial charge in [0.1, 0.15) is 5.75 Å². The lowest BCUT2D eigenvalue weighted by molar-refractivity contribution is -0.118. The first-order chi connectivity index (χ1) is 9.15. The largest absolute Gasteiger partial charge is 0.489 e. The van der Waals surface area contributed by atoms with Gasteiger partial charge in [-0.1, -0.05) is 12.1 Å². The molecule has 1 atom stereocenters. The van der Waals surface area contributed by atoms with Crippen molar-refractivity contribution in [2.75, 3.05) is 11.9 Å². The molecule has 4 heteroatoms. The number of carbonyl (C=O) groups excluding carboxylic acids is 1. The monoisotopic (exact) mass is 263 g/mol. The lowest BCUT2D eigenvalue weighted by Crippen LogP contribution is -2.20. The topological polar surface area (TPSA) is 47.6 Å². The number of hydrogen-bond donors (Lipinski definition) is 1. The van der Waals surface area contributed by atoms with Gasteiger partial charge >= 0.3 is 0 Å². The van der Waals surface area contributed by atoms with Gasteiger partial charge in [0, 0.05) is 6.61 Å². The summed E-state index contributed by atoms with van der Waals surface area (Å²) in [7, 11) is 0. The molecular formula is C15H21NO3. The second kappa shape index (κ2) is 6.57. The van der Waals surface area contributed by atoms with E-state index in [1.807, 2.05) is 38.1 Å². The van der Waals surface area contributed by atoms with Crippen molar-refractivity contribution in [3.63, 3.8) is 0 Å². The van der Waals surface area contributed by atoms with E-state index in [9.17, 15) is 4.79 Å². The van der Waals surface area contributed by atoms with Gasteiger partial charge < -0.3 is 14.8 Å². The average Bonchev–Trinajstić information content (AvgIpc) is 2.83. The van der Waals surface area contributed by atoms with Crippen LogP contribution in [0.1, 0.15) is 33.1 Å². The van der Waals surface area contributed by atoms with E-state index in [0.29, 0.717) is 12.2 Å². The minimum absolute atomic E-state index is 0.0216. The third kappa shape index (κ3) is 4.24. The summed E-state index contributed by atoms with van der Waals surface area (Å²) in [5, 5.41) is 2.90. The van der Waals surface area contributed by atoms with Crippen molar-refractivity contribution in [2.24, 2.45) is 0 Å². The standard InChI is InChI=1S/C15H21NO3/c1-11(2)19-14-8-4-3-7-13(14)16-15(17)10-12-6-5-9-18-12/h3-4,7-8,11-12H,5-6,9-10H2,1-2H3,(H,16,17). The number of ether oxygens (including phenoxy) is 2. The molecule has 1 amide bonds. The summed E-state index contributed by atoms with van der Waals surface area (Å²) < 4.78 is 11.1. The van der Waals surface area contributed by atoms with Crippen LogP contribution in [0.5, 0.6) is 5.75 Å². The van der Waals surface area contributed by atoms with Gasteiger partial charge in [0.15, 0.2) is 0 Å². The van der Waals surface area contributed by atoms with Crippen LogP contribution >= 0.6 is 0 Å². The van der Waals surface area contributed by atoms with Crippen LogP contribution in [-0.4, -0.2) is 24.7 Å². The summed E-state index contributed by atoms with van der Waals surface area (Å²) in [6, 6.07) is 7.50. The first-order valence-corrected chi connectivity index (χ1v) is 6.82. The Morgan fingerprint density at radius 3 is 2.95 bits per heavy atom. The van der Waals surface area contributed by atoms with Crippen LogP contribution in [0.15, 0.2) is 24.3 Å². The first kappa shape index (κ1) is 13.9. The third-order valence-electron chi connectivity index (χ3n) is 2.96. The molecule has 2 rings (SSSR count). The van der Waals surface area contributed by atoms with Crippen molar-refractivity contribution in [2.45, 2.75) is 45.3 Å². The SMILES string of the molecule is CC(C)Oc1ccccc1NC(=O)CC1CCCO1. The lowest BCUT2D eigenvalue weighted by atomic mass is 10.1. The molecule has 0 saturated carbocycles. The number of benzene rings is 1. The highest BCUT2D eigenvalue weighted by molar-refractivity contribution is 5.92. The fraction of sp³-hybridized carbons (Fsp3) is 0.533. The van der Waals surface area contributed by atoms with Crippen LogP contribution in [0, 0.1) is 0 Å². The minimum Gasteiger partial charge on any atom is -0.489 e. The Balaban J connectivity index is 1.95. The Hall–Kier alpha value is -1.55. The second-order valence-electron chi connectivity index (χ2n) is 5.05. The Labute approximate surface area is 114 Å². The van der Waals surface area contributed by atoms with Gasteiger partial charge in [-0.3, -0.25) is 4.79 Å². The molecular weight excluding hydrogens is 242 g/mol. The maximum Gasteiger partial charge on any atom is 0.227 e. The maximum absolute atomic E-state index is 12.0. The molecule has 1 fully saturated rings. The molecule has 0 aromatic heterocycles. The molecule has 1 saturated heterocycles. The van der Waals surface area contributed by atoms with Gasteiger partial charge in [0.05, 0.1) is 24.3 Å². The maximum atomic E-state index is 12.0. The normalized spacial score (nSPS) is 18.6. The number of rotatable bonds is 5. The number of para-hydroxylation sites is 2. The zero-order valence-electron chi connectivity index (χ0n) is 11.5. The van der Waals surface area contributed by atoms with E-state index < -0.39 is 0 Å². The predicted molar refractivity (Wildman–Crippen MR) is 74.4 cm³/mol. The predicted octanol–water partition coefficient (Wildman–Crippen LogP) is 2.98. The van der Waals surface area contributed by atoms with Crippen LogP contribution < -0.4 is 10.1 Å². The molecule has 1 heterocycles. The molecule has 1 aromatic carbocycles. The third-order valence-corrected chi connectivity index (χ3v) is 2.96. The Morgan fingerprint density at radius 1 is 1.47 bits per heavy atom. The summed E-state index contributed by atoms with van der Waals surface area (Å²) in [5.74, 6) is 0.685. The molecule has 1 aromatic rings. The number of carbonyl (C=O) groups is 1. The van der Waals surface area contributed by atoms with E-state index in [4.69, 9.17) is 9.47 Å². The van der Waals surface area contributed by atoms with Crippen molar-refractivity contribution < 1.29 is 14.3 Å². The Morgan fingerprint density at radius 2 is 2.26 bits per heavy atom. The highest BCUT2D eigenvalue weighted by Crippen LogP contribution is 2.25. The van der Waals surface area contributed by atoms with Crippen molar-refractivity contribution in [1.82, 2.24) is 0 Å². The second-order valence-corrected chi connectivity index (χ2v) is 5.05. The summed E-state index contributed by atoms with van der Waals surface area (Å²) in [6.07, 6.45) is 2.58. The molecule has 4 nitrogen and oxygen atoms in total. The van der Waals surface area contributed by atoms with E-state index in [2.05, 4.69) is 5.32 Å². The van der Waals surface area contributed by atoms with E-state index in [1.54, 1.807) is 0 Å². The fourth-order valence-electron chi connectivity index (χ4n) is 2.14. The van der Waals surface area contributed by atoms with Crippen molar-refractivity contribution >= 4 is 11.6 Å². The Kier molecular flexibility index (Phi) is 4.80. The Bertz CT molecular complexity index is 425. The minimum atomic E-state index is -0.0216. The summed E-state index contributed by atoms with van der Waals surface area (Å²) in [6.45, 7) is 4.70. The lowest BCUT2D eigenvalue weighted by Gasteiger charge is -2.15. The van der Waals surface area contributed by atoms with Crippen LogP contribution in [0.4, 0.5) is 5.69 Å².